The molecule has 3 aromatic carbocycles. The Balaban J connectivity index is 0.000000194. The number of carbonyl (C=O) groups is 2. The number of hydrogen-bond acceptors (Lipinski definition) is 10. The summed E-state index contributed by atoms with van der Waals surface area (Å²) in [7, 11) is 0. The molecule has 0 atom stereocenters. The summed E-state index contributed by atoms with van der Waals surface area (Å²) in [6, 6.07) is 15.3. The van der Waals surface area contributed by atoms with Gasteiger partial charge in [-0.2, -0.15) is 0 Å². The van der Waals surface area contributed by atoms with Gasteiger partial charge in [0.25, 0.3) is 0 Å². The fraction of sp³-hybridized carbons (Fsp3) is 0.250. The quantitative estimate of drug-likeness (QED) is 0.156. The highest BCUT2D eigenvalue weighted by molar-refractivity contribution is 9.10. The molecule has 0 spiro atoms. The number of allylic oxidation sites excluding steroid dienone is 4. The van der Waals surface area contributed by atoms with Crippen molar-refractivity contribution in [3.05, 3.63) is 117 Å². The number of rotatable bonds is 8. The van der Waals surface area contributed by atoms with E-state index in [0.717, 1.165) is 34.0 Å². The number of carbonyl (C=O) groups excluding carboxylic acids is 2. The predicted molar refractivity (Wildman–Crippen MR) is 200 cm³/mol. The number of ether oxygens (including phenoxy) is 2. The van der Waals surface area contributed by atoms with Crippen LogP contribution in [0.15, 0.2) is 89.2 Å². The van der Waals surface area contributed by atoms with E-state index in [1.807, 2.05) is 45.9 Å². The number of hydrogen-bond donors (Lipinski definition) is 2. The Morgan fingerprint density at radius 3 is 1.73 bits per heavy atom. The highest BCUT2D eigenvalue weighted by Crippen LogP contribution is 2.36. The lowest BCUT2D eigenvalue weighted by atomic mass is 9.96. The lowest BCUT2D eigenvalue weighted by Crippen LogP contribution is -2.01. The summed E-state index contributed by atoms with van der Waals surface area (Å²) in [6.07, 6.45) is 7.54. The van der Waals surface area contributed by atoms with Gasteiger partial charge in [0.1, 0.15) is 28.8 Å². The Morgan fingerprint density at radius 2 is 1.23 bits per heavy atom. The number of aliphatic hydroxyl groups excluding tert-OH is 2. The molecule has 0 amide bonds. The molecule has 0 saturated heterocycles. The van der Waals surface area contributed by atoms with E-state index in [-0.39, 0.29) is 40.8 Å². The van der Waals surface area contributed by atoms with Crippen LogP contribution in [-0.2, 0) is 22.4 Å². The number of ketones is 2. The summed E-state index contributed by atoms with van der Waals surface area (Å²) in [5, 5.41) is 20.2. The van der Waals surface area contributed by atoms with Crippen molar-refractivity contribution >= 4 is 49.7 Å². The number of aliphatic hydroxyl groups is 2. The number of nitrogens with zero attached hydrogens (tertiary/aromatic N) is 4. The Bertz CT molecular complexity index is 2190. The smallest absolute Gasteiger partial charge is 0.321 e. The number of aromatic nitrogens is 4. The molecule has 0 saturated carbocycles. The number of fused-ring (bicyclic) bond motifs is 1. The van der Waals surface area contributed by atoms with Crippen LogP contribution in [-0.4, -0.2) is 41.7 Å². The third-order valence-electron chi connectivity index (χ3n) is 8.29. The van der Waals surface area contributed by atoms with Crippen molar-refractivity contribution in [1.29, 1.82) is 0 Å². The summed E-state index contributed by atoms with van der Waals surface area (Å²) < 4.78 is 25.5. The van der Waals surface area contributed by atoms with E-state index < -0.39 is 0 Å². The van der Waals surface area contributed by atoms with E-state index in [9.17, 15) is 24.2 Å². The van der Waals surface area contributed by atoms with E-state index in [1.54, 1.807) is 30.6 Å². The molecule has 7 rings (SSSR count). The largest absolute Gasteiger partial charge is 0.512 e. The molecule has 2 aliphatic rings. The van der Waals surface area contributed by atoms with Crippen LogP contribution in [0.5, 0.6) is 23.4 Å². The molecular formula is C40H38BrFN4O6. The third-order valence-corrected chi connectivity index (χ3v) is 8.70. The zero-order valence-electron chi connectivity index (χ0n) is 29.2. The molecule has 5 aromatic rings. The minimum absolute atomic E-state index is 0.0331. The monoisotopic (exact) mass is 768 g/mol. The van der Waals surface area contributed by atoms with Crippen LogP contribution in [0.4, 0.5) is 4.39 Å². The third kappa shape index (κ3) is 8.68. The van der Waals surface area contributed by atoms with Crippen molar-refractivity contribution in [3.63, 3.8) is 0 Å². The van der Waals surface area contributed by atoms with Gasteiger partial charge in [-0.15, -0.1) is 0 Å². The van der Waals surface area contributed by atoms with Crippen molar-refractivity contribution in [3.8, 4) is 23.4 Å². The molecule has 2 aliphatic carbocycles. The average Bonchev–Trinajstić information content (AvgIpc) is 3.68. The zero-order chi connectivity index (χ0) is 37.4. The van der Waals surface area contributed by atoms with Crippen LogP contribution in [0, 0.1) is 5.82 Å². The molecule has 0 fully saturated rings. The molecule has 10 nitrogen and oxygen atoms in total. The van der Waals surface area contributed by atoms with E-state index in [0.29, 0.717) is 64.9 Å². The second-order valence-electron chi connectivity index (χ2n) is 11.6. The Hall–Kier alpha value is -5.49. The summed E-state index contributed by atoms with van der Waals surface area (Å²) in [4.78, 5) is 40.9. The van der Waals surface area contributed by atoms with Gasteiger partial charge in [0.2, 0.25) is 5.88 Å². The molecule has 0 bridgehead atoms. The van der Waals surface area contributed by atoms with Crippen molar-refractivity contribution in [2.75, 3.05) is 0 Å². The van der Waals surface area contributed by atoms with Gasteiger partial charge in [-0.05, 0) is 87.4 Å². The lowest BCUT2D eigenvalue weighted by molar-refractivity contribution is -0.114. The normalized spacial score (nSPS) is 13.9. The van der Waals surface area contributed by atoms with Crippen LogP contribution < -0.4 is 9.47 Å². The summed E-state index contributed by atoms with van der Waals surface area (Å²) in [5.41, 5.74) is 5.10. The molecule has 0 radical (unpaired) electrons. The molecule has 52 heavy (non-hydrogen) atoms. The number of aryl methyl sites for hydroxylation is 2. The highest BCUT2D eigenvalue weighted by Gasteiger charge is 2.27. The Labute approximate surface area is 309 Å². The Morgan fingerprint density at radius 1 is 0.692 bits per heavy atom. The van der Waals surface area contributed by atoms with Gasteiger partial charge >= 0.3 is 6.01 Å². The second kappa shape index (κ2) is 17.1. The summed E-state index contributed by atoms with van der Waals surface area (Å²) >= 11 is 3.27. The van der Waals surface area contributed by atoms with Gasteiger partial charge in [-0.3, -0.25) is 9.59 Å². The summed E-state index contributed by atoms with van der Waals surface area (Å²) in [6.45, 7) is 8.00. The van der Waals surface area contributed by atoms with Gasteiger partial charge < -0.3 is 19.7 Å². The van der Waals surface area contributed by atoms with Gasteiger partial charge in [0, 0.05) is 44.1 Å². The maximum Gasteiger partial charge on any atom is 0.321 e. The van der Waals surface area contributed by atoms with Gasteiger partial charge in [-0.25, -0.2) is 24.3 Å². The van der Waals surface area contributed by atoms with Crippen LogP contribution in [0.1, 0.15) is 75.6 Å². The van der Waals surface area contributed by atoms with Gasteiger partial charge in [0.05, 0.1) is 32.8 Å². The zero-order valence-corrected chi connectivity index (χ0v) is 30.8. The van der Waals surface area contributed by atoms with Crippen molar-refractivity contribution in [2.45, 2.75) is 66.2 Å². The molecular weight excluding hydrogens is 731 g/mol. The van der Waals surface area contributed by atoms with E-state index in [1.165, 1.54) is 24.4 Å². The molecule has 0 unspecified atom stereocenters. The van der Waals surface area contributed by atoms with Gasteiger partial charge in [-0.1, -0.05) is 39.8 Å². The fourth-order valence-electron chi connectivity index (χ4n) is 5.81. The van der Waals surface area contributed by atoms with Gasteiger partial charge in [0.15, 0.2) is 11.6 Å². The second-order valence-corrected chi connectivity index (χ2v) is 12.5. The van der Waals surface area contributed by atoms with Crippen LogP contribution in [0.2, 0.25) is 0 Å². The first-order valence-electron chi connectivity index (χ1n) is 17.1. The van der Waals surface area contributed by atoms with Crippen LogP contribution in [0.25, 0.3) is 22.2 Å². The van der Waals surface area contributed by atoms with Crippen LogP contribution >= 0.6 is 15.9 Å². The van der Waals surface area contributed by atoms with Crippen molar-refractivity contribution in [1.82, 2.24) is 19.9 Å². The predicted octanol–water partition coefficient (Wildman–Crippen LogP) is 10.0. The number of halogens is 2. The highest BCUT2D eigenvalue weighted by atomic mass is 79.9. The molecule has 268 valence electrons. The van der Waals surface area contributed by atoms with Crippen molar-refractivity contribution < 1.29 is 33.7 Å². The van der Waals surface area contributed by atoms with E-state index in [2.05, 4.69) is 35.9 Å². The van der Waals surface area contributed by atoms with Crippen molar-refractivity contribution in [2.24, 2.45) is 0 Å². The molecule has 2 heterocycles. The van der Waals surface area contributed by atoms with E-state index in [4.69, 9.17) is 9.47 Å². The summed E-state index contributed by atoms with van der Waals surface area (Å²) in [5.74, 6) is 1.08. The molecule has 2 N–H and O–H groups in total. The first-order chi connectivity index (χ1) is 25.1. The molecule has 0 aliphatic heterocycles. The SMILES string of the molecule is CC.CCc1ccc(Oc2cnc3cc(F)ccc3n2)cc1C1=C(O)CCC1=O.CCc1ccc(Oc2ncc(Br)cn2)cc1C1=C(O)CCC1=O. The first kappa shape index (κ1) is 37.8. The topological polar surface area (TPSA) is 145 Å². The van der Waals surface area contributed by atoms with Crippen LogP contribution in [0.3, 0.4) is 0 Å². The average molecular weight is 770 g/mol. The van der Waals surface area contributed by atoms with E-state index >= 15 is 0 Å². The first-order valence-corrected chi connectivity index (χ1v) is 17.9. The molecule has 12 heteroatoms. The lowest BCUT2D eigenvalue weighted by Gasteiger charge is -2.12. The maximum atomic E-state index is 13.3. The standard InChI is InChI=1S/C21H17FN2O3.C17H15BrN2O3.C2H6/c1-2-12-3-5-14(10-15(12)21-18(25)7-8-19(21)26)27-20-11-23-17-9-13(22)4-6-16(17)24-20;1-2-10-3-4-12(23-17-19-8-11(18)9-20-17)7-13(10)16-14(21)5-6-15(16)22;1-2/h3-6,9-11,25H,2,7-8H2,1H3;3-4,7-9,21H,2,5-6H2,1H3;1-2H3. The maximum absolute atomic E-state index is 13.3. The minimum atomic E-state index is -0.375. The molecule has 2 aromatic heterocycles. The number of benzene rings is 3. The Kier molecular flexibility index (Phi) is 12.5. The minimum Gasteiger partial charge on any atom is -0.512 e. The fourth-order valence-corrected chi connectivity index (χ4v) is 6.02. The number of Topliss-reactive ketones (excluding diaryl/α,β-unsaturated/α-hetero) is 2.